The fraction of sp³-hybridized carbons (Fsp3) is 0.333. The molecule has 0 spiro atoms. The third kappa shape index (κ3) is 4.58. The zero-order valence-corrected chi connectivity index (χ0v) is 19.4. The predicted octanol–water partition coefficient (Wildman–Crippen LogP) is 4.84. The van der Waals surface area contributed by atoms with Crippen LogP contribution in [0.25, 0.3) is 11.4 Å². The number of carbonyl (C=O) groups excluding carboxylic acids is 1. The Morgan fingerprint density at radius 3 is 2.47 bits per heavy atom. The smallest absolute Gasteiger partial charge is 0.322 e. The first-order valence-electron chi connectivity index (χ1n) is 11.9. The number of nitrogens with one attached hydrogen (secondary N) is 1. The van der Waals surface area contributed by atoms with Crippen LogP contribution in [0, 0.1) is 17.2 Å². The second kappa shape index (κ2) is 9.52. The Morgan fingerprint density at radius 1 is 1.03 bits per heavy atom. The minimum Gasteiger partial charge on any atom is -0.356 e. The zero-order chi connectivity index (χ0) is 23.5. The van der Waals surface area contributed by atoms with Crippen molar-refractivity contribution in [2.75, 3.05) is 29.9 Å². The van der Waals surface area contributed by atoms with E-state index in [-0.39, 0.29) is 6.03 Å². The van der Waals surface area contributed by atoms with Gasteiger partial charge in [-0.05, 0) is 43.0 Å². The van der Waals surface area contributed by atoms with Crippen LogP contribution in [-0.2, 0) is 13.0 Å². The molecular formula is C27H28N6O. The average Bonchev–Trinajstić information content (AvgIpc) is 2.89. The number of nitrogens with zero attached hydrogens (tertiary/aromatic N) is 5. The molecule has 3 aromatic rings. The van der Waals surface area contributed by atoms with Crippen molar-refractivity contribution in [3.63, 3.8) is 0 Å². The van der Waals surface area contributed by atoms with Crippen LogP contribution < -0.4 is 10.2 Å². The zero-order valence-electron chi connectivity index (χ0n) is 19.4. The summed E-state index contributed by atoms with van der Waals surface area (Å²) in [5, 5.41) is 11.9. The lowest BCUT2D eigenvalue weighted by atomic mass is 9.98. The molecule has 2 aliphatic rings. The molecule has 1 saturated heterocycles. The molecule has 3 heterocycles. The largest absolute Gasteiger partial charge is 0.356 e. The van der Waals surface area contributed by atoms with Gasteiger partial charge in [0.15, 0.2) is 5.82 Å². The lowest BCUT2D eigenvalue weighted by Gasteiger charge is -2.36. The number of urea groups is 1. The summed E-state index contributed by atoms with van der Waals surface area (Å²) >= 11 is 0. The Morgan fingerprint density at radius 2 is 1.76 bits per heavy atom. The maximum Gasteiger partial charge on any atom is 0.322 e. The highest BCUT2D eigenvalue weighted by Gasteiger charge is 2.29. The van der Waals surface area contributed by atoms with Crippen LogP contribution >= 0.6 is 0 Å². The molecule has 0 saturated carbocycles. The SMILES string of the molecule is CC1CCN(c2nc(-c3ccccc3)nc3c2CN(C(=O)Nc2ccc(C#N)cc2)CC3)CC1. The molecule has 0 aliphatic carbocycles. The van der Waals surface area contributed by atoms with E-state index in [9.17, 15) is 4.79 Å². The van der Waals surface area contributed by atoms with Gasteiger partial charge in [0, 0.05) is 42.9 Å². The van der Waals surface area contributed by atoms with E-state index < -0.39 is 0 Å². The number of rotatable bonds is 3. The van der Waals surface area contributed by atoms with E-state index >= 15 is 0 Å². The van der Waals surface area contributed by atoms with E-state index in [4.69, 9.17) is 15.2 Å². The van der Waals surface area contributed by atoms with Crippen molar-refractivity contribution in [3.05, 3.63) is 71.4 Å². The van der Waals surface area contributed by atoms with Gasteiger partial charge in [-0.15, -0.1) is 0 Å². The van der Waals surface area contributed by atoms with E-state index in [1.54, 1.807) is 24.3 Å². The number of carbonyl (C=O) groups is 1. The summed E-state index contributed by atoms with van der Waals surface area (Å²) in [4.78, 5) is 27.2. The number of anilines is 2. The van der Waals surface area contributed by atoms with Crippen molar-refractivity contribution in [2.45, 2.75) is 32.7 Å². The molecule has 0 radical (unpaired) electrons. The third-order valence-corrected chi connectivity index (χ3v) is 6.71. The topological polar surface area (TPSA) is 85.2 Å². The number of nitriles is 1. The molecule has 5 rings (SSSR count). The molecule has 0 bridgehead atoms. The Balaban J connectivity index is 1.43. The minimum atomic E-state index is -0.152. The highest BCUT2D eigenvalue weighted by Crippen LogP contribution is 2.32. The van der Waals surface area contributed by atoms with Gasteiger partial charge in [0.05, 0.1) is 23.9 Å². The first kappa shape index (κ1) is 21.9. The lowest BCUT2D eigenvalue weighted by Crippen LogP contribution is -2.41. The van der Waals surface area contributed by atoms with Crippen molar-refractivity contribution in [1.82, 2.24) is 14.9 Å². The number of hydrogen-bond donors (Lipinski definition) is 1. The first-order valence-corrected chi connectivity index (χ1v) is 11.9. The summed E-state index contributed by atoms with van der Waals surface area (Å²) in [6.45, 7) is 5.31. The number of hydrogen-bond acceptors (Lipinski definition) is 5. The normalized spacial score (nSPS) is 16.0. The van der Waals surface area contributed by atoms with E-state index in [0.717, 1.165) is 60.3 Å². The molecule has 1 N–H and O–H groups in total. The first-order chi connectivity index (χ1) is 16.6. The summed E-state index contributed by atoms with van der Waals surface area (Å²) in [6.07, 6.45) is 2.97. The van der Waals surface area contributed by atoms with Crippen LogP contribution in [0.15, 0.2) is 54.6 Å². The van der Waals surface area contributed by atoms with Gasteiger partial charge < -0.3 is 15.1 Å². The Hall–Kier alpha value is -3.92. The Labute approximate surface area is 200 Å². The Kier molecular flexibility index (Phi) is 6.13. The van der Waals surface area contributed by atoms with Crippen LogP contribution in [-0.4, -0.2) is 40.5 Å². The lowest BCUT2D eigenvalue weighted by molar-refractivity contribution is 0.206. The average molecular weight is 453 g/mol. The number of amides is 2. The molecule has 34 heavy (non-hydrogen) atoms. The van der Waals surface area contributed by atoms with Gasteiger partial charge in [0.2, 0.25) is 0 Å². The highest BCUT2D eigenvalue weighted by molar-refractivity contribution is 5.89. The van der Waals surface area contributed by atoms with Crippen molar-refractivity contribution >= 4 is 17.5 Å². The molecule has 0 unspecified atom stereocenters. The van der Waals surface area contributed by atoms with Crippen molar-refractivity contribution < 1.29 is 4.79 Å². The van der Waals surface area contributed by atoms with Crippen molar-refractivity contribution in [1.29, 1.82) is 5.26 Å². The maximum atomic E-state index is 13.0. The van der Waals surface area contributed by atoms with Gasteiger partial charge in [-0.2, -0.15) is 5.26 Å². The molecule has 2 aliphatic heterocycles. The summed E-state index contributed by atoms with van der Waals surface area (Å²) in [5.41, 5.74) is 4.34. The number of piperidine rings is 1. The van der Waals surface area contributed by atoms with Crippen LogP contribution in [0.5, 0.6) is 0 Å². The number of benzene rings is 2. The molecular weight excluding hydrogens is 424 g/mol. The summed E-state index contributed by atoms with van der Waals surface area (Å²) in [6, 6.07) is 19.0. The predicted molar refractivity (Wildman–Crippen MR) is 132 cm³/mol. The van der Waals surface area contributed by atoms with Gasteiger partial charge in [-0.3, -0.25) is 0 Å². The number of aromatic nitrogens is 2. The fourth-order valence-corrected chi connectivity index (χ4v) is 4.60. The second-order valence-electron chi connectivity index (χ2n) is 9.12. The van der Waals surface area contributed by atoms with Gasteiger partial charge in [-0.1, -0.05) is 37.3 Å². The summed E-state index contributed by atoms with van der Waals surface area (Å²) in [5.74, 6) is 2.44. The molecule has 7 heteroatoms. The summed E-state index contributed by atoms with van der Waals surface area (Å²) < 4.78 is 0. The van der Waals surface area contributed by atoms with Crippen LogP contribution in [0.1, 0.15) is 36.6 Å². The standard InChI is InChI=1S/C27H28N6O/c1-19-11-14-32(15-12-19)26-23-18-33(27(34)29-22-9-7-20(17-28)8-10-22)16-13-24(23)30-25(31-26)21-5-3-2-4-6-21/h2-10,19H,11-16,18H2,1H3,(H,29,34). The fourth-order valence-electron chi connectivity index (χ4n) is 4.60. The molecule has 1 aromatic heterocycles. The van der Waals surface area contributed by atoms with Crippen molar-refractivity contribution in [3.8, 4) is 17.5 Å². The van der Waals surface area contributed by atoms with Gasteiger partial charge in [-0.25, -0.2) is 14.8 Å². The monoisotopic (exact) mass is 452 g/mol. The number of fused-ring (bicyclic) bond motifs is 1. The molecule has 0 atom stereocenters. The minimum absolute atomic E-state index is 0.152. The van der Waals surface area contributed by atoms with Crippen LogP contribution in [0.3, 0.4) is 0 Å². The molecule has 172 valence electrons. The third-order valence-electron chi connectivity index (χ3n) is 6.71. The van der Waals surface area contributed by atoms with Crippen LogP contribution in [0.4, 0.5) is 16.3 Å². The maximum absolute atomic E-state index is 13.0. The van der Waals surface area contributed by atoms with Crippen LogP contribution in [0.2, 0.25) is 0 Å². The van der Waals surface area contributed by atoms with Crippen molar-refractivity contribution in [2.24, 2.45) is 5.92 Å². The molecule has 7 nitrogen and oxygen atoms in total. The Bertz CT molecular complexity index is 1210. The molecule has 2 amide bonds. The van der Waals surface area contributed by atoms with Gasteiger partial charge in [0.1, 0.15) is 5.82 Å². The quantitative estimate of drug-likeness (QED) is 0.615. The second-order valence-corrected chi connectivity index (χ2v) is 9.12. The van der Waals surface area contributed by atoms with E-state index in [2.05, 4.69) is 23.2 Å². The van der Waals surface area contributed by atoms with E-state index in [0.29, 0.717) is 30.8 Å². The van der Waals surface area contributed by atoms with E-state index in [1.165, 1.54) is 0 Å². The van der Waals surface area contributed by atoms with Gasteiger partial charge in [0.25, 0.3) is 0 Å². The highest BCUT2D eigenvalue weighted by atomic mass is 16.2. The van der Waals surface area contributed by atoms with E-state index in [1.807, 2.05) is 35.2 Å². The summed E-state index contributed by atoms with van der Waals surface area (Å²) in [7, 11) is 0. The molecule has 2 aromatic carbocycles. The van der Waals surface area contributed by atoms with Gasteiger partial charge >= 0.3 is 6.03 Å². The molecule has 1 fully saturated rings.